The van der Waals surface area contributed by atoms with Gasteiger partial charge in [-0.05, 0) is 55.4 Å². The Balaban J connectivity index is 1.75. The maximum absolute atomic E-state index is 12.5. The number of esters is 1. The predicted molar refractivity (Wildman–Crippen MR) is 108 cm³/mol. The lowest BCUT2D eigenvalue weighted by atomic mass is 9.84. The highest BCUT2D eigenvalue weighted by molar-refractivity contribution is 5.73. The molecule has 0 aliphatic heterocycles. The summed E-state index contributed by atoms with van der Waals surface area (Å²) >= 11 is 0. The Kier molecular flexibility index (Phi) is 5.24. The van der Waals surface area contributed by atoms with Crippen molar-refractivity contribution in [3.8, 4) is 0 Å². The summed E-state index contributed by atoms with van der Waals surface area (Å²) in [5, 5.41) is 4.16. The molecule has 0 N–H and O–H groups in total. The van der Waals surface area contributed by atoms with E-state index in [4.69, 9.17) is 4.74 Å². The SMILES string of the molecule is Cc1cc(C(C)(C)C)cc(C)c1COC(=O)Cc1c(C)nc2ncnn2c1C. The minimum Gasteiger partial charge on any atom is -0.461 e. The standard InChI is InChI=1S/C22H28N4O2/c1-13-8-17(22(5,6)7)9-14(2)19(13)11-28-20(27)10-18-15(3)25-21-23-12-24-26(21)16(18)4/h8-9,12H,10-11H2,1-7H3. The number of fused-ring (bicyclic) bond motifs is 1. The van der Waals surface area contributed by atoms with E-state index in [1.165, 1.54) is 11.9 Å². The number of carbonyl (C=O) groups excluding carboxylic acids is 1. The first-order chi connectivity index (χ1) is 13.1. The number of carbonyl (C=O) groups is 1. The Hall–Kier alpha value is -2.76. The summed E-state index contributed by atoms with van der Waals surface area (Å²) in [5.41, 5.74) is 7.21. The molecular formula is C22H28N4O2. The van der Waals surface area contributed by atoms with Crippen LogP contribution >= 0.6 is 0 Å². The van der Waals surface area contributed by atoms with Crippen LogP contribution in [-0.2, 0) is 28.0 Å². The lowest BCUT2D eigenvalue weighted by molar-refractivity contribution is -0.144. The molecule has 0 amide bonds. The average molecular weight is 380 g/mol. The fourth-order valence-electron chi connectivity index (χ4n) is 3.41. The smallest absolute Gasteiger partial charge is 0.310 e. The zero-order valence-corrected chi connectivity index (χ0v) is 17.8. The first kappa shape index (κ1) is 20.0. The van der Waals surface area contributed by atoms with E-state index in [2.05, 4.69) is 61.8 Å². The fourth-order valence-corrected chi connectivity index (χ4v) is 3.41. The van der Waals surface area contributed by atoms with Crippen molar-refractivity contribution in [1.82, 2.24) is 19.6 Å². The van der Waals surface area contributed by atoms with Crippen molar-refractivity contribution in [1.29, 1.82) is 0 Å². The second-order valence-electron chi connectivity index (χ2n) is 8.41. The number of rotatable bonds is 4. The molecule has 3 aromatic rings. The highest BCUT2D eigenvalue weighted by Gasteiger charge is 2.18. The molecule has 6 nitrogen and oxygen atoms in total. The molecule has 148 valence electrons. The van der Waals surface area contributed by atoms with Gasteiger partial charge in [0.05, 0.1) is 6.42 Å². The molecule has 0 fully saturated rings. The molecule has 0 saturated heterocycles. The van der Waals surface area contributed by atoms with Crippen molar-refractivity contribution < 1.29 is 9.53 Å². The third kappa shape index (κ3) is 3.91. The molecule has 2 aromatic heterocycles. The Labute approximate surface area is 166 Å². The number of aryl methyl sites for hydroxylation is 4. The van der Waals surface area contributed by atoms with Crippen LogP contribution in [0.4, 0.5) is 0 Å². The highest BCUT2D eigenvalue weighted by atomic mass is 16.5. The van der Waals surface area contributed by atoms with Crippen molar-refractivity contribution >= 4 is 11.7 Å². The van der Waals surface area contributed by atoms with E-state index < -0.39 is 0 Å². The van der Waals surface area contributed by atoms with Crippen molar-refractivity contribution in [3.63, 3.8) is 0 Å². The van der Waals surface area contributed by atoms with Crippen LogP contribution in [0.3, 0.4) is 0 Å². The van der Waals surface area contributed by atoms with Crippen LogP contribution in [0.15, 0.2) is 18.5 Å². The van der Waals surface area contributed by atoms with Crippen LogP contribution in [0.25, 0.3) is 5.78 Å². The van der Waals surface area contributed by atoms with Gasteiger partial charge in [0.15, 0.2) is 0 Å². The van der Waals surface area contributed by atoms with Gasteiger partial charge in [-0.3, -0.25) is 4.79 Å². The van der Waals surface area contributed by atoms with Gasteiger partial charge in [0.25, 0.3) is 5.78 Å². The Morgan fingerprint density at radius 3 is 2.32 bits per heavy atom. The number of nitrogens with zero attached hydrogens (tertiary/aromatic N) is 4. The summed E-state index contributed by atoms with van der Waals surface area (Å²) in [6.45, 7) is 14.8. The molecule has 1 aromatic carbocycles. The summed E-state index contributed by atoms with van der Waals surface area (Å²) in [4.78, 5) is 21.0. The van der Waals surface area contributed by atoms with Gasteiger partial charge in [0.2, 0.25) is 0 Å². The maximum atomic E-state index is 12.5. The van der Waals surface area contributed by atoms with Crippen molar-refractivity contribution in [2.75, 3.05) is 0 Å². The summed E-state index contributed by atoms with van der Waals surface area (Å²) in [6.07, 6.45) is 1.63. The molecule has 6 heteroatoms. The van der Waals surface area contributed by atoms with Gasteiger partial charge in [-0.25, -0.2) is 9.50 Å². The van der Waals surface area contributed by atoms with Crippen LogP contribution in [0.2, 0.25) is 0 Å². The lowest BCUT2D eigenvalue weighted by Gasteiger charge is -2.22. The largest absolute Gasteiger partial charge is 0.461 e. The van der Waals surface area contributed by atoms with E-state index in [-0.39, 0.29) is 24.4 Å². The quantitative estimate of drug-likeness (QED) is 0.641. The zero-order valence-electron chi connectivity index (χ0n) is 17.8. The summed E-state index contributed by atoms with van der Waals surface area (Å²) in [7, 11) is 0. The van der Waals surface area contributed by atoms with Gasteiger partial charge in [0, 0.05) is 17.0 Å². The van der Waals surface area contributed by atoms with Gasteiger partial charge in [0.1, 0.15) is 12.9 Å². The molecule has 0 spiro atoms. The molecule has 0 bridgehead atoms. The van der Waals surface area contributed by atoms with Gasteiger partial charge in [-0.15, -0.1) is 0 Å². The first-order valence-corrected chi connectivity index (χ1v) is 9.50. The van der Waals surface area contributed by atoms with Crippen LogP contribution in [0, 0.1) is 27.7 Å². The predicted octanol–water partition coefficient (Wildman–Crippen LogP) is 3.94. The second kappa shape index (κ2) is 7.34. The molecule has 0 unspecified atom stereocenters. The van der Waals surface area contributed by atoms with Gasteiger partial charge < -0.3 is 4.74 Å². The molecule has 3 rings (SSSR count). The molecule has 0 aliphatic rings. The monoisotopic (exact) mass is 380 g/mol. The number of hydrogen-bond donors (Lipinski definition) is 0. The number of hydrogen-bond acceptors (Lipinski definition) is 5. The Morgan fingerprint density at radius 2 is 1.71 bits per heavy atom. The third-order valence-electron chi connectivity index (χ3n) is 5.25. The number of benzene rings is 1. The first-order valence-electron chi connectivity index (χ1n) is 9.50. The molecule has 0 saturated carbocycles. The molecule has 0 aliphatic carbocycles. The number of ether oxygens (including phenoxy) is 1. The van der Waals surface area contributed by atoms with Crippen molar-refractivity contribution in [2.45, 2.75) is 66.9 Å². The summed E-state index contributed by atoms with van der Waals surface area (Å²) < 4.78 is 7.26. The topological polar surface area (TPSA) is 69.4 Å². The molecule has 2 heterocycles. The van der Waals surface area contributed by atoms with Crippen LogP contribution in [0.1, 0.15) is 60.0 Å². The molecular weight excluding hydrogens is 352 g/mol. The molecule has 0 radical (unpaired) electrons. The van der Waals surface area contributed by atoms with Crippen LogP contribution in [-0.4, -0.2) is 25.6 Å². The van der Waals surface area contributed by atoms with E-state index in [9.17, 15) is 4.79 Å². The third-order valence-corrected chi connectivity index (χ3v) is 5.25. The highest BCUT2D eigenvalue weighted by Crippen LogP contribution is 2.27. The average Bonchev–Trinajstić information content (AvgIpc) is 3.05. The normalized spacial score (nSPS) is 11.8. The summed E-state index contributed by atoms with van der Waals surface area (Å²) in [5.74, 6) is 0.267. The van der Waals surface area contributed by atoms with E-state index in [1.54, 1.807) is 4.52 Å². The van der Waals surface area contributed by atoms with Crippen LogP contribution in [0.5, 0.6) is 0 Å². The van der Waals surface area contributed by atoms with Gasteiger partial charge >= 0.3 is 5.97 Å². The Morgan fingerprint density at radius 1 is 1.07 bits per heavy atom. The Bertz CT molecular complexity index is 1020. The van der Waals surface area contributed by atoms with Crippen molar-refractivity contribution in [2.24, 2.45) is 0 Å². The molecule has 0 atom stereocenters. The van der Waals surface area contributed by atoms with E-state index in [0.717, 1.165) is 33.6 Å². The fraction of sp³-hybridized carbons (Fsp3) is 0.455. The van der Waals surface area contributed by atoms with E-state index >= 15 is 0 Å². The lowest BCUT2D eigenvalue weighted by Crippen LogP contribution is -2.15. The zero-order chi connectivity index (χ0) is 20.6. The van der Waals surface area contributed by atoms with E-state index in [1.807, 2.05) is 13.8 Å². The maximum Gasteiger partial charge on any atom is 0.310 e. The second-order valence-corrected chi connectivity index (χ2v) is 8.41. The minimum absolute atomic E-state index is 0.0901. The van der Waals surface area contributed by atoms with E-state index in [0.29, 0.717) is 5.78 Å². The van der Waals surface area contributed by atoms with Crippen LogP contribution < -0.4 is 0 Å². The van der Waals surface area contributed by atoms with Gasteiger partial charge in [-0.1, -0.05) is 32.9 Å². The van der Waals surface area contributed by atoms with Gasteiger partial charge in [-0.2, -0.15) is 10.1 Å². The number of aromatic nitrogens is 4. The van der Waals surface area contributed by atoms with Crippen molar-refractivity contribution in [3.05, 3.63) is 57.7 Å². The minimum atomic E-state index is -0.272. The summed E-state index contributed by atoms with van der Waals surface area (Å²) in [6, 6.07) is 4.38. The molecule has 28 heavy (non-hydrogen) atoms.